The number of ether oxygens (including phenoxy) is 1. The van der Waals surface area contributed by atoms with E-state index < -0.39 is 0 Å². The molecule has 4 nitrogen and oxygen atoms in total. The molecule has 0 saturated heterocycles. The minimum absolute atomic E-state index is 0.392. The van der Waals surface area contributed by atoms with E-state index in [1.54, 1.807) is 35.3 Å². The molecule has 0 atom stereocenters. The van der Waals surface area contributed by atoms with E-state index in [0.717, 1.165) is 12.3 Å². The molecule has 6 heteroatoms. The van der Waals surface area contributed by atoms with E-state index in [9.17, 15) is 0 Å². The summed E-state index contributed by atoms with van der Waals surface area (Å²) in [4.78, 5) is 8.56. The summed E-state index contributed by atoms with van der Waals surface area (Å²) in [7, 11) is 0. The number of hydrogen-bond acceptors (Lipinski definition) is 3. The number of aliphatic imine (C=N–C) groups is 1. The Labute approximate surface area is 128 Å². The number of aromatic nitrogens is 2. The lowest BCUT2D eigenvalue weighted by molar-refractivity contribution is 0.170. The summed E-state index contributed by atoms with van der Waals surface area (Å²) >= 11 is 12.0. The molecule has 0 N–H and O–H groups in total. The normalized spacial score (nSPS) is 11.8. The topological polar surface area (TPSA) is 39.4 Å². The SMILES string of the molecule is CCCOCC(=Nc1ccc(Cl)cc1Cl)n1ccnc1. The highest BCUT2D eigenvalue weighted by atomic mass is 35.5. The van der Waals surface area contributed by atoms with Crippen LogP contribution in [0.4, 0.5) is 5.69 Å². The van der Waals surface area contributed by atoms with E-state index in [-0.39, 0.29) is 0 Å². The zero-order valence-corrected chi connectivity index (χ0v) is 12.6. The molecule has 1 heterocycles. The molecule has 0 amide bonds. The van der Waals surface area contributed by atoms with Gasteiger partial charge in [0.2, 0.25) is 0 Å². The molecule has 2 aromatic rings. The van der Waals surface area contributed by atoms with Crippen LogP contribution >= 0.6 is 23.2 Å². The summed E-state index contributed by atoms with van der Waals surface area (Å²) in [6.07, 6.45) is 6.15. The van der Waals surface area contributed by atoms with Crippen molar-refractivity contribution >= 4 is 34.7 Å². The molecular weight excluding hydrogens is 297 g/mol. The second kappa shape index (κ2) is 7.43. The van der Waals surface area contributed by atoms with Crippen molar-refractivity contribution in [3.63, 3.8) is 0 Å². The predicted octanol–water partition coefficient (Wildman–Crippen LogP) is 4.19. The average Bonchev–Trinajstić information content (AvgIpc) is 2.94. The second-order valence-electron chi connectivity index (χ2n) is 4.15. The Kier molecular flexibility index (Phi) is 5.59. The highest BCUT2D eigenvalue weighted by Gasteiger charge is 2.06. The van der Waals surface area contributed by atoms with Crippen LogP contribution < -0.4 is 0 Å². The Morgan fingerprint density at radius 3 is 2.90 bits per heavy atom. The smallest absolute Gasteiger partial charge is 0.140 e. The van der Waals surface area contributed by atoms with Crippen LogP contribution in [0, 0.1) is 0 Å². The maximum atomic E-state index is 6.14. The number of benzene rings is 1. The van der Waals surface area contributed by atoms with E-state index >= 15 is 0 Å². The van der Waals surface area contributed by atoms with Crippen molar-refractivity contribution in [2.75, 3.05) is 13.2 Å². The van der Waals surface area contributed by atoms with Gasteiger partial charge in [-0.3, -0.25) is 4.57 Å². The summed E-state index contributed by atoms with van der Waals surface area (Å²) in [6, 6.07) is 5.20. The number of halogens is 2. The molecule has 0 saturated carbocycles. The third-order valence-corrected chi connectivity index (χ3v) is 3.08. The van der Waals surface area contributed by atoms with Crippen LogP contribution in [-0.2, 0) is 4.74 Å². The number of rotatable bonds is 5. The first-order valence-electron chi connectivity index (χ1n) is 6.29. The first-order chi connectivity index (χ1) is 9.70. The molecular formula is C14H15Cl2N3O. The molecule has 1 aromatic carbocycles. The monoisotopic (exact) mass is 311 g/mol. The van der Waals surface area contributed by atoms with Gasteiger partial charge < -0.3 is 4.74 Å². The van der Waals surface area contributed by atoms with Gasteiger partial charge in [0.05, 0.1) is 10.7 Å². The van der Waals surface area contributed by atoms with Gasteiger partial charge >= 0.3 is 0 Å². The van der Waals surface area contributed by atoms with Crippen LogP contribution in [0.2, 0.25) is 10.0 Å². The summed E-state index contributed by atoms with van der Waals surface area (Å²) < 4.78 is 7.36. The Bertz CT molecular complexity index is 582. The molecule has 2 rings (SSSR count). The third kappa shape index (κ3) is 4.07. The number of hydrogen-bond donors (Lipinski definition) is 0. The second-order valence-corrected chi connectivity index (χ2v) is 4.99. The van der Waals surface area contributed by atoms with Crippen LogP contribution in [0.1, 0.15) is 13.3 Å². The largest absolute Gasteiger partial charge is 0.374 e. The lowest BCUT2D eigenvalue weighted by Crippen LogP contribution is -2.17. The van der Waals surface area contributed by atoms with Gasteiger partial charge in [-0.05, 0) is 24.6 Å². The minimum atomic E-state index is 0.392. The van der Waals surface area contributed by atoms with Gasteiger partial charge in [0.1, 0.15) is 18.8 Å². The lowest BCUT2D eigenvalue weighted by Gasteiger charge is -2.09. The maximum absolute atomic E-state index is 6.14. The van der Waals surface area contributed by atoms with Crippen LogP contribution in [0.15, 0.2) is 41.9 Å². The fourth-order valence-corrected chi connectivity index (χ4v) is 2.05. The quantitative estimate of drug-likeness (QED) is 0.472. The first kappa shape index (κ1) is 15.0. The van der Waals surface area contributed by atoms with Gasteiger partial charge in [-0.1, -0.05) is 30.1 Å². The summed E-state index contributed by atoms with van der Waals surface area (Å²) in [5, 5.41) is 1.09. The van der Waals surface area contributed by atoms with Gasteiger partial charge in [-0.15, -0.1) is 0 Å². The van der Waals surface area contributed by atoms with E-state index in [0.29, 0.717) is 28.9 Å². The lowest BCUT2D eigenvalue weighted by atomic mass is 10.3. The van der Waals surface area contributed by atoms with Gasteiger partial charge in [0, 0.05) is 24.0 Å². The molecule has 0 aliphatic heterocycles. The average molecular weight is 312 g/mol. The van der Waals surface area contributed by atoms with Crippen molar-refractivity contribution in [1.82, 2.24) is 9.55 Å². The Balaban J connectivity index is 2.27. The van der Waals surface area contributed by atoms with Crippen LogP contribution in [0.3, 0.4) is 0 Å². The Hall–Kier alpha value is -1.36. The zero-order valence-electron chi connectivity index (χ0n) is 11.1. The van der Waals surface area contributed by atoms with Crippen LogP contribution in [-0.4, -0.2) is 28.6 Å². The van der Waals surface area contributed by atoms with E-state index in [1.807, 2.05) is 6.20 Å². The molecule has 0 unspecified atom stereocenters. The highest BCUT2D eigenvalue weighted by Crippen LogP contribution is 2.28. The number of nitrogens with zero attached hydrogens (tertiary/aromatic N) is 3. The standard InChI is InChI=1S/C14H15Cl2N3O/c1-2-7-20-9-14(19-6-5-17-10-19)18-13-4-3-11(15)8-12(13)16/h3-6,8,10H,2,7,9H2,1H3. The summed E-state index contributed by atoms with van der Waals surface area (Å²) in [5.41, 5.74) is 0.653. The summed E-state index contributed by atoms with van der Waals surface area (Å²) in [5.74, 6) is 0.722. The molecule has 20 heavy (non-hydrogen) atoms. The zero-order chi connectivity index (χ0) is 14.4. The highest BCUT2D eigenvalue weighted by molar-refractivity contribution is 6.36. The van der Waals surface area contributed by atoms with Crippen LogP contribution in [0.25, 0.3) is 0 Å². The molecule has 0 spiro atoms. The van der Waals surface area contributed by atoms with Crippen molar-refractivity contribution in [3.05, 3.63) is 47.0 Å². The number of imidazole rings is 1. The Morgan fingerprint density at radius 2 is 2.25 bits per heavy atom. The van der Waals surface area contributed by atoms with Crippen molar-refractivity contribution in [2.45, 2.75) is 13.3 Å². The molecule has 106 valence electrons. The Morgan fingerprint density at radius 1 is 1.40 bits per heavy atom. The maximum Gasteiger partial charge on any atom is 0.140 e. The van der Waals surface area contributed by atoms with Gasteiger partial charge in [-0.2, -0.15) is 0 Å². The van der Waals surface area contributed by atoms with Gasteiger partial charge in [0.25, 0.3) is 0 Å². The van der Waals surface area contributed by atoms with Crippen LogP contribution in [0.5, 0.6) is 0 Å². The van der Waals surface area contributed by atoms with E-state index in [2.05, 4.69) is 16.9 Å². The fourth-order valence-electron chi connectivity index (χ4n) is 1.60. The molecule has 0 radical (unpaired) electrons. The summed E-state index contributed by atoms with van der Waals surface area (Å²) in [6.45, 7) is 3.13. The van der Waals surface area contributed by atoms with Crippen molar-refractivity contribution in [1.29, 1.82) is 0 Å². The fraction of sp³-hybridized carbons (Fsp3) is 0.286. The first-order valence-corrected chi connectivity index (χ1v) is 7.05. The van der Waals surface area contributed by atoms with Gasteiger partial charge in [-0.25, -0.2) is 9.98 Å². The molecule has 0 fully saturated rings. The molecule has 1 aromatic heterocycles. The van der Waals surface area contributed by atoms with Crippen molar-refractivity contribution in [2.24, 2.45) is 4.99 Å². The van der Waals surface area contributed by atoms with E-state index in [4.69, 9.17) is 27.9 Å². The van der Waals surface area contributed by atoms with Gasteiger partial charge in [0.15, 0.2) is 0 Å². The minimum Gasteiger partial charge on any atom is -0.374 e. The molecule has 0 bridgehead atoms. The van der Waals surface area contributed by atoms with E-state index in [1.165, 1.54) is 0 Å². The van der Waals surface area contributed by atoms with Crippen molar-refractivity contribution < 1.29 is 4.74 Å². The van der Waals surface area contributed by atoms with Crippen molar-refractivity contribution in [3.8, 4) is 0 Å². The predicted molar refractivity (Wildman–Crippen MR) is 82.3 cm³/mol. The molecule has 0 aliphatic rings. The molecule has 0 aliphatic carbocycles. The third-order valence-electron chi connectivity index (χ3n) is 2.54.